The SMILES string of the molecule is COc1ccc(C(=O)c2ccc3n2CCCCC3C(=O)OC(C)C)cc1. The zero-order valence-electron chi connectivity index (χ0n) is 15.5. The second-order valence-electron chi connectivity index (χ2n) is 6.89. The van der Waals surface area contributed by atoms with Crippen LogP contribution in [-0.2, 0) is 16.1 Å². The molecule has 0 radical (unpaired) electrons. The zero-order valence-corrected chi connectivity index (χ0v) is 15.5. The van der Waals surface area contributed by atoms with Crippen LogP contribution in [0.15, 0.2) is 36.4 Å². The molecule has 3 rings (SSSR count). The third kappa shape index (κ3) is 3.66. The molecule has 0 fully saturated rings. The van der Waals surface area contributed by atoms with Crippen molar-refractivity contribution in [3.8, 4) is 5.75 Å². The molecule has 1 atom stereocenters. The summed E-state index contributed by atoms with van der Waals surface area (Å²) in [7, 11) is 1.60. The van der Waals surface area contributed by atoms with Crippen LogP contribution in [0.4, 0.5) is 0 Å². The van der Waals surface area contributed by atoms with Gasteiger partial charge in [-0.1, -0.05) is 6.42 Å². The van der Waals surface area contributed by atoms with Gasteiger partial charge in [-0.25, -0.2) is 0 Å². The highest BCUT2D eigenvalue weighted by Gasteiger charge is 2.30. The van der Waals surface area contributed by atoms with Crippen molar-refractivity contribution in [1.82, 2.24) is 4.57 Å². The summed E-state index contributed by atoms with van der Waals surface area (Å²) in [6.45, 7) is 4.45. The molecule has 26 heavy (non-hydrogen) atoms. The molecule has 0 aliphatic carbocycles. The maximum Gasteiger partial charge on any atom is 0.315 e. The number of hydrogen-bond donors (Lipinski definition) is 0. The smallest absolute Gasteiger partial charge is 0.315 e. The Morgan fingerprint density at radius 2 is 1.81 bits per heavy atom. The predicted octanol–water partition coefficient (Wildman–Crippen LogP) is 3.95. The molecule has 0 saturated carbocycles. The van der Waals surface area contributed by atoms with E-state index in [1.54, 1.807) is 31.4 Å². The van der Waals surface area contributed by atoms with Gasteiger partial charge in [0.2, 0.25) is 5.78 Å². The number of carbonyl (C=O) groups is 2. The Hall–Kier alpha value is -2.56. The second kappa shape index (κ2) is 7.77. The number of aromatic nitrogens is 1. The van der Waals surface area contributed by atoms with Crippen LogP contribution in [0.1, 0.15) is 60.8 Å². The van der Waals surface area contributed by atoms with Crippen LogP contribution >= 0.6 is 0 Å². The third-order valence-corrected chi connectivity index (χ3v) is 4.72. The first-order valence-corrected chi connectivity index (χ1v) is 9.10. The number of methoxy groups -OCH3 is 1. The van der Waals surface area contributed by atoms with Gasteiger partial charge in [0.1, 0.15) is 5.75 Å². The van der Waals surface area contributed by atoms with Crippen LogP contribution in [0.2, 0.25) is 0 Å². The van der Waals surface area contributed by atoms with Gasteiger partial charge >= 0.3 is 5.97 Å². The van der Waals surface area contributed by atoms with Gasteiger partial charge in [0, 0.05) is 17.8 Å². The van der Waals surface area contributed by atoms with Gasteiger partial charge in [-0.05, 0) is 63.1 Å². The van der Waals surface area contributed by atoms with Crippen LogP contribution in [-0.4, -0.2) is 29.5 Å². The number of ketones is 1. The van der Waals surface area contributed by atoms with Crippen LogP contribution in [0, 0.1) is 0 Å². The Balaban J connectivity index is 1.92. The van der Waals surface area contributed by atoms with Crippen LogP contribution in [0.5, 0.6) is 5.75 Å². The van der Waals surface area contributed by atoms with Crippen molar-refractivity contribution in [2.75, 3.05) is 7.11 Å². The van der Waals surface area contributed by atoms with Gasteiger partial charge in [-0.2, -0.15) is 0 Å². The van der Waals surface area contributed by atoms with Crippen LogP contribution in [0.25, 0.3) is 0 Å². The highest BCUT2D eigenvalue weighted by molar-refractivity contribution is 6.08. The fraction of sp³-hybridized carbons (Fsp3) is 0.429. The Kier molecular flexibility index (Phi) is 5.45. The molecule has 2 heterocycles. The van der Waals surface area contributed by atoms with Gasteiger partial charge in [-0.15, -0.1) is 0 Å². The number of esters is 1. The summed E-state index contributed by atoms with van der Waals surface area (Å²) in [6, 6.07) is 10.8. The molecular formula is C21H25NO4. The summed E-state index contributed by atoms with van der Waals surface area (Å²) < 4.78 is 12.6. The molecule has 2 aromatic rings. The molecule has 1 aliphatic rings. The molecule has 1 aromatic heterocycles. The Morgan fingerprint density at radius 3 is 2.46 bits per heavy atom. The van der Waals surface area contributed by atoms with Crippen molar-refractivity contribution in [3.05, 3.63) is 53.3 Å². The average Bonchev–Trinajstić information content (AvgIpc) is 2.92. The van der Waals surface area contributed by atoms with E-state index in [2.05, 4.69) is 0 Å². The lowest BCUT2D eigenvalue weighted by molar-refractivity contribution is -0.149. The molecule has 0 bridgehead atoms. The summed E-state index contributed by atoms with van der Waals surface area (Å²) in [5.74, 6) is 0.158. The first-order chi connectivity index (χ1) is 12.5. The van der Waals surface area contributed by atoms with Crippen molar-refractivity contribution >= 4 is 11.8 Å². The second-order valence-corrected chi connectivity index (χ2v) is 6.89. The average molecular weight is 355 g/mol. The van der Waals surface area contributed by atoms with E-state index >= 15 is 0 Å². The highest BCUT2D eigenvalue weighted by atomic mass is 16.5. The lowest BCUT2D eigenvalue weighted by Gasteiger charge is -2.18. The molecule has 1 unspecified atom stereocenters. The maximum atomic E-state index is 13.0. The monoisotopic (exact) mass is 355 g/mol. The predicted molar refractivity (Wildman–Crippen MR) is 98.7 cm³/mol. The summed E-state index contributed by atoms with van der Waals surface area (Å²) in [4.78, 5) is 25.5. The van der Waals surface area contributed by atoms with Crippen molar-refractivity contribution in [1.29, 1.82) is 0 Å². The summed E-state index contributed by atoms with van der Waals surface area (Å²) in [5.41, 5.74) is 2.11. The summed E-state index contributed by atoms with van der Waals surface area (Å²) in [5, 5.41) is 0. The van der Waals surface area contributed by atoms with E-state index in [9.17, 15) is 9.59 Å². The first kappa shape index (κ1) is 18.2. The molecule has 0 spiro atoms. The zero-order chi connectivity index (χ0) is 18.7. The normalized spacial score (nSPS) is 16.7. The molecule has 1 aliphatic heterocycles. The molecule has 0 amide bonds. The van der Waals surface area contributed by atoms with E-state index < -0.39 is 0 Å². The number of nitrogens with zero attached hydrogens (tertiary/aromatic N) is 1. The van der Waals surface area contributed by atoms with Crippen molar-refractivity contribution in [3.63, 3.8) is 0 Å². The fourth-order valence-corrected chi connectivity index (χ4v) is 3.45. The van der Waals surface area contributed by atoms with Crippen LogP contribution < -0.4 is 4.74 Å². The van der Waals surface area contributed by atoms with Gasteiger partial charge in [0.15, 0.2) is 0 Å². The fourth-order valence-electron chi connectivity index (χ4n) is 3.45. The number of carbonyl (C=O) groups excluding carboxylic acids is 2. The number of rotatable bonds is 5. The summed E-state index contributed by atoms with van der Waals surface area (Å²) in [6.07, 6.45) is 2.49. The Morgan fingerprint density at radius 1 is 1.08 bits per heavy atom. The molecule has 1 aromatic carbocycles. The maximum absolute atomic E-state index is 13.0. The van der Waals surface area contributed by atoms with Gasteiger partial charge in [0.25, 0.3) is 0 Å². The van der Waals surface area contributed by atoms with E-state index in [0.717, 1.165) is 31.5 Å². The van der Waals surface area contributed by atoms with Gasteiger partial charge in [-0.3, -0.25) is 9.59 Å². The van der Waals surface area contributed by atoms with Gasteiger partial charge < -0.3 is 14.0 Å². The number of ether oxygens (including phenoxy) is 2. The Labute approximate surface area is 153 Å². The molecule has 5 nitrogen and oxygen atoms in total. The summed E-state index contributed by atoms with van der Waals surface area (Å²) >= 11 is 0. The van der Waals surface area contributed by atoms with Crippen molar-refractivity contribution in [2.45, 2.75) is 51.7 Å². The Bertz CT molecular complexity index is 789. The van der Waals surface area contributed by atoms with Gasteiger partial charge in [0.05, 0.1) is 24.8 Å². The molecule has 5 heteroatoms. The minimum atomic E-state index is -0.308. The number of benzene rings is 1. The minimum absolute atomic E-state index is 0.0446. The molecule has 138 valence electrons. The van der Waals surface area contributed by atoms with E-state index in [1.807, 2.05) is 30.5 Å². The molecular weight excluding hydrogens is 330 g/mol. The number of fused-ring (bicyclic) bond motifs is 1. The quantitative estimate of drug-likeness (QED) is 0.602. The van der Waals surface area contributed by atoms with E-state index in [1.165, 1.54) is 0 Å². The standard InChI is InChI=1S/C21H25NO4/c1-14(2)26-21(24)17-6-4-5-13-22-18(17)11-12-19(22)20(23)15-7-9-16(25-3)10-8-15/h7-12,14,17H,4-6,13H2,1-3H3. The lowest BCUT2D eigenvalue weighted by atomic mass is 10.00. The van der Waals surface area contributed by atoms with Crippen molar-refractivity contribution in [2.24, 2.45) is 0 Å². The minimum Gasteiger partial charge on any atom is -0.497 e. The topological polar surface area (TPSA) is 57.5 Å². The lowest BCUT2D eigenvalue weighted by Crippen LogP contribution is -2.21. The number of hydrogen-bond acceptors (Lipinski definition) is 4. The molecule has 0 saturated heterocycles. The third-order valence-electron chi connectivity index (χ3n) is 4.72. The largest absolute Gasteiger partial charge is 0.497 e. The van der Waals surface area contributed by atoms with E-state index in [-0.39, 0.29) is 23.8 Å². The first-order valence-electron chi connectivity index (χ1n) is 9.10. The van der Waals surface area contributed by atoms with Crippen molar-refractivity contribution < 1.29 is 19.1 Å². The van der Waals surface area contributed by atoms with E-state index in [0.29, 0.717) is 17.0 Å². The van der Waals surface area contributed by atoms with E-state index in [4.69, 9.17) is 9.47 Å². The highest BCUT2D eigenvalue weighted by Crippen LogP contribution is 2.31. The van der Waals surface area contributed by atoms with Crippen LogP contribution in [0.3, 0.4) is 0 Å². The molecule has 0 N–H and O–H groups in total.